The second-order valence-corrected chi connectivity index (χ2v) is 8.25. The molecule has 0 spiro atoms. The summed E-state index contributed by atoms with van der Waals surface area (Å²) in [4.78, 5) is 28.9. The Labute approximate surface area is 221 Å². The Morgan fingerprint density at radius 1 is 0.947 bits per heavy atom. The maximum Gasteiger partial charge on any atom is 0.261 e. The third kappa shape index (κ3) is 6.03. The van der Waals surface area contributed by atoms with E-state index in [1.165, 1.54) is 0 Å². The molecule has 0 unspecified atom stereocenters. The molecule has 0 saturated heterocycles. The summed E-state index contributed by atoms with van der Waals surface area (Å²) in [5, 5.41) is 0. The Kier molecular flexibility index (Phi) is 8.77. The molecular weight excluding hydrogens is 484 g/mol. The van der Waals surface area contributed by atoms with Gasteiger partial charge >= 0.3 is 0 Å². The Morgan fingerprint density at radius 3 is 2.50 bits per heavy atom. The Hall–Kier alpha value is -4.59. The molecule has 196 valence electrons. The highest BCUT2D eigenvalue weighted by Crippen LogP contribution is 2.32. The summed E-state index contributed by atoms with van der Waals surface area (Å²) < 4.78 is 24.6. The molecule has 1 aliphatic heterocycles. The van der Waals surface area contributed by atoms with Crippen LogP contribution in [0.1, 0.15) is 40.9 Å². The molecule has 0 bridgehead atoms. The topological polar surface area (TPSA) is 88.9 Å². The van der Waals surface area contributed by atoms with Crippen molar-refractivity contribution in [3.8, 4) is 28.7 Å². The Balaban J connectivity index is 0.00000164. The highest BCUT2D eigenvalue weighted by molar-refractivity contribution is 5.80. The van der Waals surface area contributed by atoms with Crippen LogP contribution in [-0.2, 0) is 13.2 Å². The number of benzene rings is 2. The molecule has 38 heavy (non-hydrogen) atoms. The number of rotatable bonds is 8. The molecule has 1 aliphatic rings. The van der Waals surface area contributed by atoms with Crippen molar-refractivity contribution < 1.29 is 23.7 Å². The van der Waals surface area contributed by atoms with Crippen LogP contribution in [0.15, 0.2) is 78.0 Å². The van der Waals surface area contributed by atoms with Crippen molar-refractivity contribution in [2.24, 2.45) is 0 Å². The molecule has 0 radical (unpaired) electrons. The van der Waals surface area contributed by atoms with Crippen molar-refractivity contribution >= 4 is 6.29 Å². The van der Waals surface area contributed by atoms with Crippen molar-refractivity contribution in [3.63, 3.8) is 0 Å². The van der Waals surface area contributed by atoms with E-state index in [4.69, 9.17) is 18.9 Å². The number of aryl methyl sites for hydroxylation is 1. The largest absolute Gasteiger partial charge is 0.488 e. The van der Waals surface area contributed by atoms with Crippen LogP contribution in [-0.4, -0.2) is 29.1 Å². The Bertz CT molecular complexity index is 1450. The van der Waals surface area contributed by atoms with Gasteiger partial charge in [0.25, 0.3) is 5.56 Å². The lowest BCUT2D eigenvalue weighted by atomic mass is 10.1. The molecule has 3 heterocycles. The zero-order valence-corrected chi connectivity index (χ0v) is 21.7. The van der Waals surface area contributed by atoms with E-state index in [1.54, 1.807) is 59.6 Å². The van der Waals surface area contributed by atoms with Crippen LogP contribution in [0.2, 0.25) is 0 Å². The fraction of sp³-hybridized carbons (Fsp3) is 0.233. The standard InChI is InChI=1S/C28H24N2O6.C2H6/c1-19-12-22(16-31)26(35-17-20-4-2-8-29-15-20)14-25(19)36-18-21-5-3-9-30(28(21)32)23-6-7-24-27(13-23)34-11-10-33-24;1-2/h2-9,12-16H,10-11,17-18H2,1H3;1-2H3. The fourth-order valence-electron chi connectivity index (χ4n) is 3.90. The van der Waals surface area contributed by atoms with Crippen molar-refractivity contribution in [1.29, 1.82) is 0 Å². The summed E-state index contributed by atoms with van der Waals surface area (Å²) in [6, 6.07) is 16.0. The first-order valence-corrected chi connectivity index (χ1v) is 12.5. The SMILES string of the molecule is CC.Cc1cc(C=O)c(OCc2cccnc2)cc1OCc1cccn(-c2ccc3c(c2)OCCO3)c1=O. The van der Waals surface area contributed by atoms with Gasteiger partial charge in [-0.3, -0.25) is 19.1 Å². The molecule has 0 atom stereocenters. The summed E-state index contributed by atoms with van der Waals surface area (Å²) in [5.74, 6) is 2.19. The number of hydrogen-bond donors (Lipinski definition) is 0. The Morgan fingerprint density at radius 2 is 1.74 bits per heavy atom. The molecule has 2 aromatic carbocycles. The number of hydrogen-bond acceptors (Lipinski definition) is 7. The van der Waals surface area contributed by atoms with Crippen LogP contribution >= 0.6 is 0 Å². The number of pyridine rings is 2. The first-order chi connectivity index (χ1) is 18.6. The maximum atomic E-state index is 13.2. The molecule has 0 saturated carbocycles. The number of aldehydes is 1. The van der Waals surface area contributed by atoms with Crippen molar-refractivity contribution in [1.82, 2.24) is 9.55 Å². The molecule has 2 aromatic heterocycles. The van der Waals surface area contributed by atoms with Crippen LogP contribution in [0.3, 0.4) is 0 Å². The third-order valence-corrected chi connectivity index (χ3v) is 5.76. The van der Waals surface area contributed by atoms with Gasteiger partial charge in [-0.2, -0.15) is 0 Å². The maximum absolute atomic E-state index is 13.2. The van der Waals surface area contributed by atoms with E-state index in [0.29, 0.717) is 53.0 Å². The van der Waals surface area contributed by atoms with Gasteiger partial charge in [-0.05, 0) is 48.9 Å². The van der Waals surface area contributed by atoms with E-state index in [9.17, 15) is 9.59 Å². The third-order valence-electron chi connectivity index (χ3n) is 5.76. The van der Waals surface area contributed by atoms with Crippen molar-refractivity contribution in [3.05, 3.63) is 106 Å². The summed E-state index contributed by atoms with van der Waals surface area (Å²) in [5.41, 5.74) is 3.00. The molecule has 0 N–H and O–H groups in total. The smallest absolute Gasteiger partial charge is 0.261 e. The van der Waals surface area contributed by atoms with Crippen LogP contribution in [0.4, 0.5) is 0 Å². The molecule has 5 rings (SSSR count). The predicted molar refractivity (Wildman–Crippen MR) is 144 cm³/mol. The van der Waals surface area contributed by atoms with Gasteiger partial charge in [0, 0.05) is 36.3 Å². The number of fused-ring (bicyclic) bond motifs is 1. The lowest BCUT2D eigenvalue weighted by Gasteiger charge is -2.19. The predicted octanol–water partition coefficient (Wildman–Crippen LogP) is 5.31. The minimum Gasteiger partial charge on any atom is -0.488 e. The normalized spacial score (nSPS) is 11.7. The van der Waals surface area contributed by atoms with Gasteiger partial charge in [-0.25, -0.2) is 0 Å². The molecule has 0 aliphatic carbocycles. The molecule has 0 amide bonds. The van der Waals surface area contributed by atoms with Gasteiger partial charge in [-0.1, -0.05) is 19.9 Å². The van der Waals surface area contributed by atoms with Crippen molar-refractivity contribution in [2.75, 3.05) is 13.2 Å². The van der Waals surface area contributed by atoms with Gasteiger partial charge in [0.2, 0.25) is 0 Å². The number of carbonyl (C=O) groups is 1. The van der Waals surface area contributed by atoms with Gasteiger partial charge in [0.1, 0.15) is 37.9 Å². The summed E-state index contributed by atoms with van der Waals surface area (Å²) in [7, 11) is 0. The van der Waals surface area contributed by atoms with E-state index < -0.39 is 0 Å². The monoisotopic (exact) mass is 514 g/mol. The lowest BCUT2D eigenvalue weighted by Crippen LogP contribution is -2.23. The number of nitrogens with zero attached hydrogens (tertiary/aromatic N) is 2. The average molecular weight is 515 g/mol. The van der Waals surface area contributed by atoms with Crippen LogP contribution < -0.4 is 24.5 Å². The second kappa shape index (κ2) is 12.6. The zero-order valence-electron chi connectivity index (χ0n) is 21.7. The minimum absolute atomic E-state index is 0.0492. The van der Waals surface area contributed by atoms with Crippen LogP contribution in [0.5, 0.6) is 23.0 Å². The average Bonchev–Trinajstić information content (AvgIpc) is 2.97. The quantitative estimate of drug-likeness (QED) is 0.295. The molecule has 8 nitrogen and oxygen atoms in total. The van der Waals surface area contributed by atoms with Crippen molar-refractivity contribution in [2.45, 2.75) is 34.0 Å². The first kappa shape index (κ1) is 26.5. The fourth-order valence-corrected chi connectivity index (χ4v) is 3.90. The van der Waals surface area contributed by atoms with E-state index in [1.807, 2.05) is 39.0 Å². The van der Waals surface area contributed by atoms with E-state index in [2.05, 4.69) is 4.98 Å². The number of ether oxygens (including phenoxy) is 4. The second-order valence-electron chi connectivity index (χ2n) is 8.25. The summed E-state index contributed by atoms with van der Waals surface area (Å²) in [6.07, 6.45) is 5.84. The van der Waals surface area contributed by atoms with E-state index in [-0.39, 0.29) is 18.8 Å². The molecular formula is C30H30N2O6. The summed E-state index contributed by atoms with van der Waals surface area (Å²) >= 11 is 0. The van der Waals surface area contributed by atoms with Gasteiger partial charge in [-0.15, -0.1) is 0 Å². The van der Waals surface area contributed by atoms with Crippen LogP contribution in [0, 0.1) is 6.92 Å². The van der Waals surface area contributed by atoms with Crippen LogP contribution in [0.25, 0.3) is 5.69 Å². The molecule has 8 heteroatoms. The van der Waals surface area contributed by atoms with E-state index >= 15 is 0 Å². The molecule has 4 aromatic rings. The first-order valence-electron chi connectivity index (χ1n) is 12.5. The summed E-state index contributed by atoms with van der Waals surface area (Å²) in [6.45, 7) is 7.12. The minimum atomic E-state index is -0.204. The molecule has 0 fully saturated rings. The highest BCUT2D eigenvalue weighted by atomic mass is 16.6. The number of carbonyl (C=O) groups excluding carboxylic acids is 1. The lowest BCUT2D eigenvalue weighted by molar-refractivity contribution is 0.111. The zero-order chi connectivity index (χ0) is 26.9. The number of aromatic nitrogens is 2. The van der Waals surface area contributed by atoms with Gasteiger partial charge in [0.05, 0.1) is 16.8 Å². The van der Waals surface area contributed by atoms with Gasteiger partial charge in [0.15, 0.2) is 17.8 Å². The van der Waals surface area contributed by atoms with Gasteiger partial charge < -0.3 is 18.9 Å². The highest BCUT2D eigenvalue weighted by Gasteiger charge is 2.15. The van der Waals surface area contributed by atoms with E-state index in [0.717, 1.165) is 17.4 Å².